The van der Waals surface area contributed by atoms with Crippen molar-refractivity contribution in [2.75, 3.05) is 23.8 Å². The molecule has 8 heteroatoms. The molecule has 0 fully saturated rings. The summed E-state index contributed by atoms with van der Waals surface area (Å²) in [6.45, 7) is 4.33. The van der Waals surface area contributed by atoms with Crippen molar-refractivity contribution in [3.63, 3.8) is 0 Å². The van der Waals surface area contributed by atoms with Crippen molar-refractivity contribution >= 4 is 28.6 Å². The average Bonchev–Trinajstić information content (AvgIpc) is 3.22. The molecular formula is C23H24N6O2. The third kappa shape index (κ3) is 4.80. The molecule has 0 radical (unpaired) electrons. The number of esters is 1. The maximum absolute atomic E-state index is 11.5. The second-order valence-corrected chi connectivity index (χ2v) is 6.99. The number of carbonyl (C=O) groups is 1. The van der Waals surface area contributed by atoms with Gasteiger partial charge in [-0.2, -0.15) is 4.98 Å². The highest BCUT2D eigenvalue weighted by Gasteiger charge is 2.11. The van der Waals surface area contributed by atoms with Gasteiger partial charge in [0.2, 0.25) is 5.95 Å². The molecule has 0 saturated carbocycles. The van der Waals surface area contributed by atoms with Crippen LogP contribution in [0.2, 0.25) is 0 Å². The number of hydrogen-bond acceptors (Lipinski definition) is 7. The fourth-order valence-electron chi connectivity index (χ4n) is 3.26. The molecule has 158 valence electrons. The molecule has 0 spiro atoms. The number of imidazole rings is 1. The Morgan fingerprint density at radius 2 is 1.97 bits per heavy atom. The minimum atomic E-state index is -0.293. The molecular weight excluding hydrogens is 392 g/mol. The molecule has 0 aliphatic carbocycles. The summed E-state index contributed by atoms with van der Waals surface area (Å²) in [5.74, 6) is 0.967. The molecule has 0 aliphatic heterocycles. The normalized spacial score (nSPS) is 11.8. The fraction of sp³-hybridized carbons (Fsp3) is 0.217. The molecule has 31 heavy (non-hydrogen) atoms. The first kappa shape index (κ1) is 20.3. The molecule has 0 amide bonds. The number of fused-ring (bicyclic) bond motifs is 1. The SMILES string of the molecule is CCOC(=O)CNc1ccc2c(c1)ncn2-c1ccnc(NC(C)c2ccccc2)n1. The number of carbonyl (C=O) groups excluding carboxylic acids is 1. The lowest BCUT2D eigenvalue weighted by atomic mass is 10.1. The van der Waals surface area contributed by atoms with E-state index in [1.54, 1.807) is 19.4 Å². The summed E-state index contributed by atoms with van der Waals surface area (Å²) in [7, 11) is 0. The Labute approximate surface area is 180 Å². The predicted molar refractivity (Wildman–Crippen MR) is 120 cm³/mol. The predicted octanol–water partition coefficient (Wildman–Crippen LogP) is 3.96. The van der Waals surface area contributed by atoms with Crippen LogP contribution >= 0.6 is 0 Å². The number of hydrogen-bond donors (Lipinski definition) is 2. The Morgan fingerprint density at radius 3 is 2.77 bits per heavy atom. The summed E-state index contributed by atoms with van der Waals surface area (Å²) >= 11 is 0. The summed E-state index contributed by atoms with van der Waals surface area (Å²) in [6, 6.07) is 17.8. The van der Waals surface area contributed by atoms with Crippen LogP contribution in [-0.4, -0.2) is 38.6 Å². The van der Waals surface area contributed by atoms with E-state index in [9.17, 15) is 4.79 Å². The van der Waals surface area contributed by atoms with Gasteiger partial charge in [-0.1, -0.05) is 30.3 Å². The van der Waals surface area contributed by atoms with Crippen LogP contribution in [0, 0.1) is 0 Å². The Hall–Kier alpha value is -3.94. The zero-order chi connectivity index (χ0) is 21.6. The molecule has 0 bridgehead atoms. The number of ether oxygens (including phenoxy) is 1. The molecule has 0 saturated heterocycles. The van der Waals surface area contributed by atoms with Crippen molar-refractivity contribution in [2.45, 2.75) is 19.9 Å². The summed E-state index contributed by atoms with van der Waals surface area (Å²) in [5, 5.41) is 6.40. The average molecular weight is 416 g/mol. The number of benzene rings is 2. The number of nitrogens with zero attached hydrogens (tertiary/aromatic N) is 4. The Morgan fingerprint density at radius 1 is 1.13 bits per heavy atom. The van der Waals surface area contributed by atoms with Gasteiger partial charge in [0.1, 0.15) is 18.7 Å². The van der Waals surface area contributed by atoms with Gasteiger partial charge < -0.3 is 15.4 Å². The zero-order valence-electron chi connectivity index (χ0n) is 17.4. The monoisotopic (exact) mass is 416 g/mol. The van der Waals surface area contributed by atoms with Crippen LogP contribution in [0.1, 0.15) is 25.5 Å². The van der Waals surface area contributed by atoms with Gasteiger partial charge in [-0.05, 0) is 43.7 Å². The van der Waals surface area contributed by atoms with E-state index in [1.807, 2.05) is 47.0 Å². The number of rotatable bonds is 8. The molecule has 8 nitrogen and oxygen atoms in total. The van der Waals surface area contributed by atoms with E-state index in [4.69, 9.17) is 4.74 Å². The zero-order valence-corrected chi connectivity index (χ0v) is 17.4. The highest BCUT2D eigenvalue weighted by Crippen LogP contribution is 2.22. The first-order valence-electron chi connectivity index (χ1n) is 10.2. The second-order valence-electron chi connectivity index (χ2n) is 6.99. The molecule has 1 atom stereocenters. The standard InChI is InChI=1S/C23H24N6O2/c1-3-31-22(30)14-25-18-9-10-20-19(13-18)26-15-29(20)21-11-12-24-23(28-21)27-16(2)17-7-5-4-6-8-17/h4-13,15-16,25H,3,14H2,1-2H3,(H,24,27,28). The highest BCUT2D eigenvalue weighted by molar-refractivity contribution is 5.82. The van der Waals surface area contributed by atoms with Crippen molar-refractivity contribution in [2.24, 2.45) is 0 Å². The molecule has 2 N–H and O–H groups in total. The third-order valence-electron chi connectivity index (χ3n) is 4.82. The maximum Gasteiger partial charge on any atom is 0.325 e. The Balaban J connectivity index is 1.52. The molecule has 4 rings (SSSR count). The smallest absolute Gasteiger partial charge is 0.325 e. The minimum Gasteiger partial charge on any atom is -0.465 e. The lowest BCUT2D eigenvalue weighted by Crippen LogP contribution is -2.16. The van der Waals surface area contributed by atoms with Crippen molar-refractivity contribution < 1.29 is 9.53 Å². The van der Waals surface area contributed by atoms with Crippen LogP contribution in [0.25, 0.3) is 16.9 Å². The summed E-state index contributed by atoms with van der Waals surface area (Å²) in [4.78, 5) is 25.0. The molecule has 0 aliphatic rings. The maximum atomic E-state index is 11.5. The van der Waals surface area contributed by atoms with Gasteiger partial charge in [0, 0.05) is 11.9 Å². The Bertz CT molecular complexity index is 1180. The van der Waals surface area contributed by atoms with Gasteiger partial charge in [0.25, 0.3) is 0 Å². The fourth-order valence-corrected chi connectivity index (χ4v) is 3.26. The van der Waals surface area contributed by atoms with E-state index in [1.165, 1.54) is 0 Å². The summed E-state index contributed by atoms with van der Waals surface area (Å²) in [5.41, 5.74) is 3.65. The van der Waals surface area contributed by atoms with Crippen LogP contribution in [0.5, 0.6) is 0 Å². The van der Waals surface area contributed by atoms with Gasteiger partial charge >= 0.3 is 5.97 Å². The molecule has 4 aromatic rings. The second kappa shape index (κ2) is 9.25. The highest BCUT2D eigenvalue weighted by atomic mass is 16.5. The van der Waals surface area contributed by atoms with Crippen LogP contribution in [0.15, 0.2) is 67.1 Å². The number of nitrogens with one attached hydrogen (secondary N) is 2. The molecule has 1 unspecified atom stereocenters. The number of anilines is 2. The van der Waals surface area contributed by atoms with Crippen molar-refractivity contribution in [3.05, 3.63) is 72.7 Å². The topological polar surface area (TPSA) is 94.0 Å². The molecule has 2 aromatic carbocycles. The van der Waals surface area contributed by atoms with Crippen LogP contribution < -0.4 is 10.6 Å². The van der Waals surface area contributed by atoms with Crippen molar-refractivity contribution in [1.29, 1.82) is 0 Å². The minimum absolute atomic E-state index is 0.0732. The lowest BCUT2D eigenvalue weighted by Gasteiger charge is -2.14. The summed E-state index contributed by atoms with van der Waals surface area (Å²) in [6.07, 6.45) is 3.45. The van der Waals surface area contributed by atoms with E-state index in [0.29, 0.717) is 18.4 Å². The van der Waals surface area contributed by atoms with Gasteiger partial charge in [0.15, 0.2) is 0 Å². The largest absolute Gasteiger partial charge is 0.465 e. The van der Waals surface area contributed by atoms with E-state index in [0.717, 1.165) is 22.3 Å². The van der Waals surface area contributed by atoms with Gasteiger partial charge in [-0.3, -0.25) is 9.36 Å². The van der Waals surface area contributed by atoms with Crippen LogP contribution in [0.4, 0.5) is 11.6 Å². The van der Waals surface area contributed by atoms with Crippen LogP contribution in [-0.2, 0) is 9.53 Å². The van der Waals surface area contributed by atoms with E-state index >= 15 is 0 Å². The first-order valence-corrected chi connectivity index (χ1v) is 10.2. The third-order valence-corrected chi connectivity index (χ3v) is 4.82. The van der Waals surface area contributed by atoms with Gasteiger partial charge in [0.05, 0.1) is 23.7 Å². The van der Waals surface area contributed by atoms with Crippen molar-refractivity contribution in [3.8, 4) is 5.82 Å². The van der Waals surface area contributed by atoms with Gasteiger partial charge in [-0.15, -0.1) is 0 Å². The molecule has 2 heterocycles. The summed E-state index contributed by atoms with van der Waals surface area (Å²) < 4.78 is 6.85. The first-order chi connectivity index (χ1) is 15.1. The van der Waals surface area contributed by atoms with Crippen molar-refractivity contribution in [1.82, 2.24) is 19.5 Å². The van der Waals surface area contributed by atoms with Crippen LogP contribution in [0.3, 0.4) is 0 Å². The van der Waals surface area contributed by atoms with E-state index in [-0.39, 0.29) is 18.6 Å². The number of aromatic nitrogens is 4. The van der Waals surface area contributed by atoms with E-state index in [2.05, 4.69) is 44.6 Å². The van der Waals surface area contributed by atoms with Gasteiger partial charge in [-0.25, -0.2) is 9.97 Å². The quantitative estimate of drug-likeness (QED) is 0.420. The lowest BCUT2D eigenvalue weighted by molar-refractivity contribution is -0.140. The Kier molecular flexibility index (Phi) is 6.07. The molecule has 2 aromatic heterocycles. The van der Waals surface area contributed by atoms with E-state index < -0.39 is 0 Å².